The molecule has 0 saturated heterocycles. The van der Waals surface area contributed by atoms with Crippen LogP contribution in [0.4, 0.5) is 0 Å². The third-order valence-electron chi connectivity index (χ3n) is 2.43. The number of hydrogen-bond acceptors (Lipinski definition) is 2. The lowest BCUT2D eigenvalue weighted by Gasteiger charge is -2.16. The number of amides is 1. The summed E-state index contributed by atoms with van der Waals surface area (Å²) in [6, 6.07) is 4.78. The van der Waals surface area contributed by atoms with Gasteiger partial charge in [-0.1, -0.05) is 36.5 Å². The van der Waals surface area contributed by atoms with Gasteiger partial charge in [0.15, 0.2) is 0 Å². The molecular weight excluding hydrogens is 259 g/mol. The first-order valence-corrected chi connectivity index (χ1v) is 6.30. The molecule has 94 valence electrons. The molecular formula is C12H16Cl2N2O. The highest BCUT2D eigenvalue weighted by Gasteiger charge is 2.14. The van der Waals surface area contributed by atoms with Gasteiger partial charge in [0.2, 0.25) is 0 Å². The maximum absolute atomic E-state index is 12.0. The van der Waals surface area contributed by atoms with Crippen LogP contribution in [0.5, 0.6) is 0 Å². The topological polar surface area (TPSA) is 55.1 Å². The van der Waals surface area contributed by atoms with E-state index in [4.69, 9.17) is 28.9 Å². The molecule has 17 heavy (non-hydrogen) atoms. The maximum Gasteiger partial charge on any atom is 0.253 e. The Morgan fingerprint density at radius 3 is 2.76 bits per heavy atom. The second-order valence-electron chi connectivity index (χ2n) is 3.82. The Morgan fingerprint density at radius 2 is 2.18 bits per heavy atom. The van der Waals surface area contributed by atoms with Gasteiger partial charge >= 0.3 is 0 Å². The Morgan fingerprint density at radius 1 is 1.47 bits per heavy atom. The summed E-state index contributed by atoms with van der Waals surface area (Å²) in [5.41, 5.74) is 5.96. The third kappa shape index (κ3) is 4.19. The van der Waals surface area contributed by atoms with Crippen molar-refractivity contribution >= 4 is 29.1 Å². The number of nitrogens with two attached hydrogens (primary N) is 1. The lowest BCUT2D eigenvalue weighted by Crippen LogP contribution is -2.40. The van der Waals surface area contributed by atoms with Gasteiger partial charge in [-0.2, -0.15) is 0 Å². The molecule has 1 aromatic rings. The highest BCUT2D eigenvalue weighted by molar-refractivity contribution is 6.35. The van der Waals surface area contributed by atoms with Gasteiger partial charge in [0, 0.05) is 17.6 Å². The molecule has 0 fully saturated rings. The number of carbonyl (C=O) groups excluding carboxylic acids is 1. The molecule has 3 nitrogen and oxygen atoms in total. The van der Waals surface area contributed by atoms with Crippen molar-refractivity contribution in [3.63, 3.8) is 0 Å². The summed E-state index contributed by atoms with van der Waals surface area (Å²) in [5, 5.41) is 3.72. The summed E-state index contributed by atoms with van der Waals surface area (Å²) >= 11 is 11.8. The molecule has 1 unspecified atom stereocenters. The predicted octanol–water partition coefficient (Wildman–Crippen LogP) is 2.85. The van der Waals surface area contributed by atoms with Gasteiger partial charge in [-0.25, -0.2) is 0 Å². The molecule has 0 heterocycles. The normalized spacial score (nSPS) is 12.2. The molecule has 0 spiro atoms. The Labute approximate surface area is 111 Å². The van der Waals surface area contributed by atoms with Crippen LogP contribution in [0.25, 0.3) is 0 Å². The zero-order valence-corrected chi connectivity index (χ0v) is 11.2. The van der Waals surface area contributed by atoms with Crippen LogP contribution in [-0.2, 0) is 0 Å². The van der Waals surface area contributed by atoms with E-state index in [0.29, 0.717) is 22.2 Å². The minimum absolute atomic E-state index is 0.0254. The largest absolute Gasteiger partial charge is 0.348 e. The molecule has 1 aromatic carbocycles. The van der Waals surface area contributed by atoms with Crippen molar-refractivity contribution < 1.29 is 4.79 Å². The van der Waals surface area contributed by atoms with Crippen LogP contribution in [0.2, 0.25) is 10.0 Å². The SMILES string of the molecule is CCCC(CN)NC(=O)c1cc(Cl)ccc1Cl. The van der Waals surface area contributed by atoms with Crippen LogP contribution in [0.1, 0.15) is 30.1 Å². The molecule has 0 radical (unpaired) electrons. The first-order chi connectivity index (χ1) is 8.08. The number of carbonyl (C=O) groups is 1. The second kappa shape index (κ2) is 6.84. The Kier molecular flexibility index (Phi) is 5.75. The third-order valence-corrected chi connectivity index (χ3v) is 2.99. The fourth-order valence-electron chi connectivity index (χ4n) is 1.53. The monoisotopic (exact) mass is 274 g/mol. The fourth-order valence-corrected chi connectivity index (χ4v) is 1.91. The van der Waals surface area contributed by atoms with Gasteiger partial charge in [-0.05, 0) is 24.6 Å². The van der Waals surface area contributed by atoms with E-state index >= 15 is 0 Å². The minimum Gasteiger partial charge on any atom is -0.348 e. The Hall–Kier alpha value is -0.770. The molecule has 0 aliphatic rings. The average Bonchev–Trinajstić information content (AvgIpc) is 2.31. The van der Waals surface area contributed by atoms with E-state index < -0.39 is 0 Å². The summed E-state index contributed by atoms with van der Waals surface area (Å²) in [6.07, 6.45) is 1.81. The van der Waals surface area contributed by atoms with Crippen LogP contribution in [0.3, 0.4) is 0 Å². The van der Waals surface area contributed by atoms with Gasteiger partial charge in [-0.15, -0.1) is 0 Å². The maximum atomic E-state index is 12.0. The van der Waals surface area contributed by atoms with E-state index in [1.165, 1.54) is 0 Å². The lowest BCUT2D eigenvalue weighted by atomic mass is 10.1. The van der Waals surface area contributed by atoms with Crippen LogP contribution >= 0.6 is 23.2 Å². The standard InChI is InChI=1S/C12H16Cl2N2O/c1-2-3-9(7-15)16-12(17)10-6-8(13)4-5-11(10)14/h4-6,9H,2-3,7,15H2,1H3,(H,16,17). The second-order valence-corrected chi connectivity index (χ2v) is 4.66. The number of halogens is 2. The molecule has 1 amide bonds. The van der Waals surface area contributed by atoms with E-state index in [1.807, 2.05) is 6.92 Å². The molecule has 0 saturated carbocycles. The van der Waals surface area contributed by atoms with Crippen LogP contribution in [0, 0.1) is 0 Å². The van der Waals surface area contributed by atoms with Gasteiger partial charge in [0.25, 0.3) is 5.91 Å². The van der Waals surface area contributed by atoms with E-state index in [2.05, 4.69) is 5.32 Å². The zero-order valence-electron chi connectivity index (χ0n) is 9.67. The number of rotatable bonds is 5. The summed E-state index contributed by atoms with van der Waals surface area (Å²) in [4.78, 5) is 12.0. The summed E-state index contributed by atoms with van der Waals surface area (Å²) in [7, 11) is 0. The van der Waals surface area contributed by atoms with Crippen molar-refractivity contribution in [3.8, 4) is 0 Å². The number of benzene rings is 1. The van der Waals surface area contributed by atoms with Crippen molar-refractivity contribution in [2.75, 3.05) is 6.54 Å². The van der Waals surface area contributed by atoms with Crippen LogP contribution in [-0.4, -0.2) is 18.5 Å². The smallest absolute Gasteiger partial charge is 0.253 e. The van der Waals surface area contributed by atoms with Crippen LogP contribution < -0.4 is 11.1 Å². The number of nitrogens with one attached hydrogen (secondary N) is 1. The lowest BCUT2D eigenvalue weighted by molar-refractivity contribution is 0.0936. The van der Waals surface area contributed by atoms with Crippen molar-refractivity contribution in [3.05, 3.63) is 33.8 Å². The Balaban J connectivity index is 2.78. The average molecular weight is 275 g/mol. The van der Waals surface area contributed by atoms with Gasteiger partial charge in [-0.3, -0.25) is 4.79 Å². The molecule has 0 aliphatic carbocycles. The number of hydrogen-bond donors (Lipinski definition) is 2. The van der Waals surface area contributed by atoms with Crippen LogP contribution in [0.15, 0.2) is 18.2 Å². The van der Waals surface area contributed by atoms with E-state index in [9.17, 15) is 4.79 Å². The molecule has 5 heteroatoms. The molecule has 0 aromatic heterocycles. The van der Waals surface area contributed by atoms with Gasteiger partial charge in [0.1, 0.15) is 0 Å². The highest BCUT2D eigenvalue weighted by Crippen LogP contribution is 2.20. The minimum atomic E-state index is -0.235. The first-order valence-electron chi connectivity index (χ1n) is 5.54. The summed E-state index contributed by atoms with van der Waals surface area (Å²) in [6.45, 7) is 2.46. The van der Waals surface area contributed by atoms with E-state index in [-0.39, 0.29) is 11.9 Å². The summed E-state index contributed by atoms with van der Waals surface area (Å²) < 4.78 is 0. The zero-order chi connectivity index (χ0) is 12.8. The molecule has 0 bridgehead atoms. The van der Waals surface area contributed by atoms with Crippen molar-refractivity contribution in [2.24, 2.45) is 5.73 Å². The quantitative estimate of drug-likeness (QED) is 0.868. The summed E-state index contributed by atoms with van der Waals surface area (Å²) in [5.74, 6) is -0.235. The molecule has 1 atom stereocenters. The Bertz CT molecular complexity index is 396. The molecule has 0 aliphatic heterocycles. The van der Waals surface area contributed by atoms with Gasteiger partial charge in [0.05, 0.1) is 10.6 Å². The van der Waals surface area contributed by atoms with Crippen molar-refractivity contribution in [1.29, 1.82) is 0 Å². The van der Waals surface area contributed by atoms with E-state index in [0.717, 1.165) is 12.8 Å². The first kappa shape index (κ1) is 14.3. The van der Waals surface area contributed by atoms with E-state index in [1.54, 1.807) is 18.2 Å². The highest BCUT2D eigenvalue weighted by atomic mass is 35.5. The molecule has 1 rings (SSSR count). The van der Waals surface area contributed by atoms with Crippen molar-refractivity contribution in [1.82, 2.24) is 5.32 Å². The van der Waals surface area contributed by atoms with Gasteiger partial charge < -0.3 is 11.1 Å². The predicted molar refractivity (Wildman–Crippen MR) is 71.7 cm³/mol. The van der Waals surface area contributed by atoms with Crippen molar-refractivity contribution in [2.45, 2.75) is 25.8 Å². The molecule has 3 N–H and O–H groups in total. The fraction of sp³-hybridized carbons (Fsp3) is 0.417.